The van der Waals surface area contributed by atoms with Crippen LogP contribution in [0.2, 0.25) is 0 Å². The Morgan fingerprint density at radius 1 is 1.21 bits per heavy atom. The topological polar surface area (TPSA) is 69.6 Å². The second-order valence-corrected chi connectivity index (χ2v) is 6.29. The summed E-state index contributed by atoms with van der Waals surface area (Å²) in [5.41, 5.74) is 1.12. The van der Waals surface area contributed by atoms with E-state index >= 15 is 0 Å². The molecule has 5 nitrogen and oxygen atoms in total. The molecule has 1 heterocycles. The molecule has 1 atom stereocenters. The van der Waals surface area contributed by atoms with Gasteiger partial charge in [-0.3, -0.25) is 4.79 Å². The summed E-state index contributed by atoms with van der Waals surface area (Å²) in [5, 5.41) is 11.9. The van der Waals surface area contributed by atoms with Gasteiger partial charge >= 0.3 is 12.0 Å². The lowest BCUT2D eigenvalue weighted by atomic mass is 9.99. The van der Waals surface area contributed by atoms with Crippen molar-refractivity contribution in [2.45, 2.75) is 38.5 Å². The quantitative estimate of drug-likeness (QED) is 0.752. The van der Waals surface area contributed by atoms with Crippen LogP contribution < -0.4 is 5.32 Å². The molecule has 1 saturated heterocycles. The highest BCUT2D eigenvalue weighted by Crippen LogP contribution is 2.16. The first-order chi connectivity index (χ1) is 11.6. The summed E-state index contributed by atoms with van der Waals surface area (Å²) in [7, 11) is 0. The number of aliphatic carboxylic acids is 1. The molecule has 1 aromatic carbocycles. The second-order valence-electron chi connectivity index (χ2n) is 6.29. The van der Waals surface area contributed by atoms with Crippen molar-refractivity contribution in [2.24, 2.45) is 5.92 Å². The van der Waals surface area contributed by atoms with Crippen LogP contribution in [0.4, 0.5) is 9.18 Å². The van der Waals surface area contributed by atoms with Crippen molar-refractivity contribution in [2.75, 3.05) is 19.6 Å². The average molecular weight is 336 g/mol. The van der Waals surface area contributed by atoms with Gasteiger partial charge in [-0.25, -0.2) is 9.18 Å². The number of nitrogens with one attached hydrogen (secondary N) is 1. The summed E-state index contributed by atoms with van der Waals surface area (Å²) in [6.07, 6.45) is 5.13. The Hall–Kier alpha value is -2.11. The third-order valence-electron chi connectivity index (χ3n) is 4.39. The number of rotatable bonds is 7. The molecule has 0 bridgehead atoms. The van der Waals surface area contributed by atoms with Gasteiger partial charge in [0, 0.05) is 19.6 Å². The molecule has 2 amide bonds. The zero-order chi connectivity index (χ0) is 17.4. The number of benzene rings is 1. The Kier molecular flexibility index (Phi) is 7.03. The summed E-state index contributed by atoms with van der Waals surface area (Å²) in [6.45, 7) is 1.52. The van der Waals surface area contributed by atoms with Gasteiger partial charge < -0.3 is 15.3 Å². The van der Waals surface area contributed by atoms with Crippen LogP contribution in [0.25, 0.3) is 0 Å². The van der Waals surface area contributed by atoms with Crippen molar-refractivity contribution in [3.05, 3.63) is 35.6 Å². The van der Waals surface area contributed by atoms with Crippen molar-refractivity contribution in [3.8, 4) is 0 Å². The maximum Gasteiger partial charge on any atom is 0.317 e. The predicted octanol–water partition coefficient (Wildman–Crippen LogP) is 3.04. The van der Waals surface area contributed by atoms with E-state index in [2.05, 4.69) is 5.32 Å². The minimum Gasteiger partial charge on any atom is -0.481 e. The monoisotopic (exact) mass is 336 g/mol. The number of aryl methyl sites for hydroxylation is 1. The number of carboxylic acids is 1. The highest BCUT2D eigenvalue weighted by Gasteiger charge is 2.27. The SMILES string of the molecule is O=C(O)C1CCCN(C(=O)NCCCCCc2ccc(F)cc2)C1. The maximum absolute atomic E-state index is 12.8. The van der Waals surface area contributed by atoms with E-state index in [9.17, 15) is 14.0 Å². The zero-order valence-corrected chi connectivity index (χ0v) is 13.8. The van der Waals surface area contributed by atoms with Gasteiger partial charge in [-0.05, 0) is 49.8 Å². The van der Waals surface area contributed by atoms with Gasteiger partial charge in [0.15, 0.2) is 0 Å². The molecule has 1 aliphatic heterocycles. The number of hydrogen-bond donors (Lipinski definition) is 2. The molecule has 1 unspecified atom stereocenters. The van der Waals surface area contributed by atoms with Gasteiger partial charge in [0.05, 0.1) is 5.92 Å². The molecule has 0 saturated carbocycles. The van der Waals surface area contributed by atoms with Crippen LogP contribution in [-0.4, -0.2) is 41.6 Å². The average Bonchev–Trinajstić information content (AvgIpc) is 2.59. The first-order valence-electron chi connectivity index (χ1n) is 8.56. The third-order valence-corrected chi connectivity index (χ3v) is 4.39. The fourth-order valence-corrected chi connectivity index (χ4v) is 2.95. The minimum atomic E-state index is -0.826. The number of nitrogens with zero attached hydrogens (tertiary/aromatic N) is 1. The van der Waals surface area contributed by atoms with E-state index in [0.717, 1.165) is 37.7 Å². The Bertz CT molecular complexity index is 548. The van der Waals surface area contributed by atoms with Crippen LogP contribution in [0.1, 0.15) is 37.7 Å². The van der Waals surface area contributed by atoms with E-state index in [4.69, 9.17) is 5.11 Å². The van der Waals surface area contributed by atoms with Crippen LogP contribution in [-0.2, 0) is 11.2 Å². The molecular weight excluding hydrogens is 311 g/mol. The molecular formula is C18H25FN2O3. The van der Waals surface area contributed by atoms with Gasteiger partial charge in [0.25, 0.3) is 0 Å². The predicted molar refractivity (Wildman–Crippen MR) is 89.3 cm³/mol. The first kappa shape index (κ1) is 18.2. The van der Waals surface area contributed by atoms with E-state index in [1.807, 2.05) is 0 Å². The number of likely N-dealkylation sites (tertiary alicyclic amines) is 1. The van der Waals surface area contributed by atoms with Crippen LogP contribution in [0.5, 0.6) is 0 Å². The van der Waals surface area contributed by atoms with Gasteiger partial charge in [0.1, 0.15) is 5.82 Å². The molecule has 1 aliphatic rings. The third kappa shape index (κ3) is 5.83. The van der Waals surface area contributed by atoms with E-state index in [1.54, 1.807) is 17.0 Å². The van der Waals surface area contributed by atoms with Crippen LogP contribution in [0.15, 0.2) is 24.3 Å². The fourth-order valence-electron chi connectivity index (χ4n) is 2.95. The molecule has 1 fully saturated rings. The molecule has 2 N–H and O–H groups in total. The summed E-state index contributed by atoms with van der Waals surface area (Å²) in [6, 6.07) is 6.37. The minimum absolute atomic E-state index is 0.167. The largest absolute Gasteiger partial charge is 0.481 e. The van der Waals surface area contributed by atoms with E-state index in [0.29, 0.717) is 26.1 Å². The van der Waals surface area contributed by atoms with Crippen LogP contribution >= 0.6 is 0 Å². The number of amides is 2. The highest BCUT2D eigenvalue weighted by atomic mass is 19.1. The standard InChI is InChI=1S/C18H25FN2O3/c19-16-9-7-14(8-10-16)5-2-1-3-11-20-18(24)21-12-4-6-15(13-21)17(22)23/h7-10,15H,1-6,11-13H2,(H,20,24)(H,22,23). The highest BCUT2D eigenvalue weighted by molar-refractivity contribution is 5.76. The molecule has 0 radical (unpaired) electrons. The van der Waals surface area contributed by atoms with E-state index in [1.165, 1.54) is 12.1 Å². The summed E-state index contributed by atoms with van der Waals surface area (Å²) >= 11 is 0. The first-order valence-corrected chi connectivity index (χ1v) is 8.56. The second kappa shape index (κ2) is 9.25. The van der Waals surface area contributed by atoms with Gasteiger partial charge in [-0.1, -0.05) is 18.6 Å². The molecule has 1 aromatic rings. The van der Waals surface area contributed by atoms with Crippen molar-refractivity contribution in [1.82, 2.24) is 10.2 Å². The van der Waals surface area contributed by atoms with Crippen molar-refractivity contribution >= 4 is 12.0 Å². The maximum atomic E-state index is 12.8. The summed E-state index contributed by atoms with van der Waals surface area (Å²) in [4.78, 5) is 24.6. The number of carbonyl (C=O) groups excluding carboxylic acids is 1. The van der Waals surface area contributed by atoms with Gasteiger partial charge in [0.2, 0.25) is 0 Å². The normalized spacial score (nSPS) is 17.5. The molecule has 6 heteroatoms. The molecule has 24 heavy (non-hydrogen) atoms. The smallest absolute Gasteiger partial charge is 0.317 e. The number of piperidine rings is 1. The van der Waals surface area contributed by atoms with Gasteiger partial charge in [-0.2, -0.15) is 0 Å². The fraction of sp³-hybridized carbons (Fsp3) is 0.556. The van der Waals surface area contributed by atoms with E-state index in [-0.39, 0.29) is 11.8 Å². The molecule has 132 valence electrons. The number of urea groups is 1. The zero-order valence-electron chi connectivity index (χ0n) is 13.8. The lowest BCUT2D eigenvalue weighted by Gasteiger charge is -2.30. The summed E-state index contributed by atoms with van der Waals surface area (Å²) in [5.74, 6) is -1.49. The molecule has 0 aliphatic carbocycles. The Balaban J connectivity index is 1.57. The molecule has 0 spiro atoms. The number of halogens is 1. The van der Waals surface area contributed by atoms with Gasteiger partial charge in [-0.15, -0.1) is 0 Å². The Morgan fingerprint density at radius 2 is 1.96 bits per heavy atom. The van der Waals surface area contributed by atoms with Crippen molar-refractivity contribution in [3.63, 3.8) is 0 Å². The van der Waals surface area contributed by atoms with Crippen LogP contribution in [0.3, 0.4) is 0 Å². The Labute approximate surface area is 141 Å². The number of carbonyl (C=O) groups is 2. The van der Waals surface area contributed by atoms with Crippen molar-refractivity contribution in [1.29, 1.82) is 0 Å². The van der Waals surface area contributed by atoms with Crippen molar-refractivity contribution < 1.29 is 19.1 Å². The summed E-state index contributed by atoms with van der Waals surface area (Å²) < 4.78 is 12.8. The molecule has 2 rings (SSSR count). The Morgan fingerprint density at radius 3 is 2.67 bits per heavy atom. The lowest BCUT2D eigenvalue weighted by molar-refractivity contribution is -0.143. The number of hydrogen-bond acceptors (Lipinski definition) is 2. The number of carboxylic acid groups (broad SMARTS) is 1. The lowest BCUT2D eigenvalue weighted by Crippen LogP contribution is -2.47. The van der Waals surface area contributed by atoms with Crippen LogP contribution in [0, 0.1) is 11.7 Å². The molecule has 0 aromatic heterocycles. The van der Waals surface area contributed by atoms with E-state index < -0.39 is 11.9 Å². The number of unbranched alkanes of at least 4 members (excludes halogenated alkanes) is 2.